The van der Waals surface area contributed by atoms with Crippen LogP contribution in [-0.4, -0.2) is 28.5 Å². The molecule has 0 aliphatic heterocycles. The molecule has 2 heterocycles. The molecule has 1 N–H and O–H groups in total. The topological polar surface area (TPSA) is 90.3 Å². The number of carbonyl (C=O) groups excluding carboxylic acids is 2. The molecule has 0 unspecified atom stereocenters. The van der Waals surface area contributed by atoms with E-state index in [1.165, 1.54) is 18.0 Å². The number of nitrogens with one attached hydrogen (secondary N) is 1. The first-order valence-corrected chi connectivity index (χ1v) is 9.14. The lowest BCUT2D eigenvalue weighted by Crippen LogP contribution is -2.27. The van der Waals surface area contributed by atoms with Gasteiger partial charge in [-0.25, -0.2) is 9.78 Å². The van der Waals surface area contributed by atoms with E-state index in [9.17, 15) is 14.4 Å². The van der Waals surface area contributed by atoms with E-state index in [0.717, 1.165) is 15.8 Å². The van der Waals surface area contributed by atoms with E-state index in [-0.39, 0.29) is 18.0 Å². The largest absolute Gasteiger partial charge is 0.465 e. The van der Waals surface area contributed by atoms with E-state index >= 15 is 0 Å². The molecule has 3 aromatic rings. The van der Waals surface area contributed by atoms with Gasteiger partial charge >= 0.3 is 5.97 Å². The lowest BCUT2D eigenvalue weighted by atomic mass is 10.2. The Bertz CT molecular complexity index is 1060. The number of amides is 1. The normalized spacial score (nSPS) is 10.7. The summed E-state index contributed by atoms with van der Waals surface area (Å²) in [6.07, 6.45) is 1.31. The second-order valence-corrected chi connectivity index (χ2v) is 7.38. The summed E-state index contributed by atoms with van der Waals surface area (Å²) in [5, 5.41) is 3.05. The van der Waals surface area contributed by atoms with Gasteiger partial charge in [-0.2, -0.15) is 0 Å². The number of halogens is 1. The van der Waals surface area contributed by atoms with Gasteiger partial charge in [-0.1, -0.05) is 15.9 Å². The number of benzene rings is 1. The molecule has 2 aromatic heterocycles. The highest BCUT2D eigenvalue weighted by Crippen LogP contribution is 2.27. The molecule has 0 atom stereocenters. The number of esters is 1. The van der Waals surface area contributed by atoms with E-state index in [2.05, 4.69) is 26.2 Å². The molecule has 3 rings (SSSR count). The van der Waals surface area contributed by atoms with Crippen LogP contribution in [0.2, 0.25) is 0 Å². The SMILES string of the molecule is COC(=O)c1sc2ncn(CC(=O)Nc3ccc(Br)cc3)c(=O)c2c1C. The van der Waals surface area contributed by atoms with Crippen molar-refractivity contribution in [1.29, 1.82) is 0 Å². The molecular weight excluding hydrogens is 422 g/mol. The molecule has 0 spiro atoms. The highest BCUT2D eigenvalue weighted by Gasteiger charge is 2.20. The first-order valence-electron chi connectivity index (χ1n) is 7.53. The van der Waals surface area contributed by atoms with Gasteiger partial charge in [-0.05, 0) is 36.8 Å². The highest BCUT2D eigenvalue weighted by molar-refractivity contribution is 9.10. The Morgan fingerprint density at radius 3 is 2.65 bits per heavy atom. The monoisotopic (exact) mass is 435 g/mol. The minimum atomic E-state index is -0.510. The van der Waals surface area contributed by atoms with Gasteiger partial charge in [0.05, 0.1) is 18.8 Å². The van der Waals surface area contributed by atoms with Gasteiger partial charge < -0.3 is 10.1 Å². The van der Waals surface area contributed by atoms with Gasteiger partial charge in [-0.3, -0.25) is 14.2 Å². The fourth-order valence-electron chi connectivity index (χ4n) is 2.45. The molecule has 26 heavy (non-hydrogen) atoms. The Morgan fingerprint density at radius 2 is 2.00 bits per heavy atom. The summed E-state index contributed by atoms with van der Waals surface area (Å²) >= 11 is 4.42. The van der Waals surface area contributed by atoms with Gasteiger partial charge in [0.25, 0.3) is 5.56 Å². The average molecular weight is 436 g/mol. The van der Waals surface area contributed by atoms with E-state index in [1.807, 2.05) is 0 Å². The summed E-state index contributed by atoms with van der Waals surface area (Å²) in [6.45, 7) is 1.49. The third-order valence-corrected chi connectivity index (χ3v) is 5.44. The summed E-state index contributed by atoms with van der Waals surface area (Å²) in [4.78, 5) is 41.7. The molecule has 7 nitrogen and oxygen atoms in total. The van der Waals surface area contributed by atoms with Gasteiger partial charge in [0.1, 0.15) is 16.3 Å². The smallest absolute Gasteiger partial charge is 0.348 e. The standard InChI is InChI=1S/C17H14BrN3O4S/c1-9-13-15(26-14(9)17(24)25-2)19-8-21(16(13)23)7-12(22)20-11-5-3-10(18)4-6-11/h3-6,8H,7H2,1-2H3,(H,20,22). The van der Waals surface area contributed by atoms with Crippen LogP contribution in [0.3, 0.4) is 0 Å². The lowest BCUT2D eigenvalue weighted by molar-refractivity contribution is -0.116. The van der Waals surface area contributed by atoms with Crippen LogP contribution in [0.5, 0.6) is 0 Å². The second kappa shape index (κ2) is 7.38. The Hall–Kier alpha value is -2.52. The maximum absolute atomic E-state index is 12.7. The number of rotatable bonds is 4. The predicted octanol–water partition coefficient (Wildman–Crippen LogP) is 2.95. The van der Waals surface area contributed by atoms with Crippen molar-refractivity contribution in [2.24, 2.45) is 0 Å². The number of fused-ring (bicyclic) bond motifs is 1. The Morgan fingerprint density at radius 1 is 1.31 bits per heavy atom. The van der Waals surface area contributed by atoms with Crippen LogP contribution < -0.4 is 10.9 Å². The Balaban J connectivity index is 1.88. The summed E-state index contributed by atoms with van der Waals surface area (Å²) in [5.41, 5.74) is 0.766. The van der Waals surface area contributed by atoms with Gasteiger partial charge in [-0.15, -0.1) is 11.3 Å². The third-order valence-electron chi connectivity index (χ3n) is 3.73. The fourth-order valence-corrected chi connectivity index (χ4v) is 3.77. The molecule has 1 aromatic carbocycles. The summed E-state index contributed by atoms with van der Waals surface area (Å²) < 4.78 is 6.84. The summed E-state index contributed by atoms with van der Waals surface area (Å²) in [7, 11) is 1.28. The number of thiophene rings is 1. The zero-order chi connectivity index (χ0) is 18.8. The van der Waals surface area contributed by atoms with Gasteiger partial charge in [0.2, 0.25) is 5.91 Å². The van der Waals surface area contributed by atoms with Crippen molar-refractivity contribution in [3.05, 3.63) is 55.9 Å². The second-order valence-electron chi connectivity index (χ2n) is 5.46. The van der Waals surface area contributed by atoms with Crippen LogP contribution in [0.25, 0.3) is 10.2 Å². The van der Waals surface area contributed by atoms with E-state index in [0.29, 0.717) is 26.3 Å². The zero-order valence-corrected chi connectivity index (χ0v) is 16.3. The zero-order valence-electron chi connectivity index (χ0n) is 13.9. The number of hydrogen-bond acceptors (Lipinski definition) is 6. The molecule has 0 saturated heterocycles. The Labute approximate surface area is 160 Å². The average Bonchev–Trinajstić information content (AvgIpc) is 2.96. The fraction of sp³-hybridized carbons (Fsp3) is 0.176. The van der Waals surface area contributed by atoms with Gasteiger partial charge in [0.15, 0.2) is 0 Å². The number of nitrogens with zero attached hydrogens (tertiary/aromatic N) is 2. The van der Waals surface area contributed by atoms with E-state index in [4.69, 9.17) is 4.74 Å². The number of methoxy groups -OCH3 is 1. The van der Waals surface area contributed by atoms with Crippen LogP contribution in [0.1, 0.15) is 15.2 Å². The van der Waals surface area contributed by atoms with Crippen LogP contribution in [0, 0.1) is 6.92 Å². The maximum Gasteiger partial charge on any atom is 0.348 e. The molecule has 0 saturated carbocycles. The minimum Gasteiger partial charge on any atom is -0.465 e. The molecule has 1 amide bonds. The number of hydrogen-bond donors (Lipinski definition) is 1. The molecule has 134 valence electrons. The Kier molecular flexibility index (Phi) is 5.19. The van der Waals surface area contributed by atoms with Crippen molar-refractivity contribution in [2.45, 2.75) is 13.5 Å². The maximum atomic E-state index is 12.7. The summed E-state index contributed by atoms with van der Waals surface area (Å²) in [6, 6.07) is 7.10. The van der Waals surface area contributed by atoms with Crippen molar-refractivity contribution < 1.29 is 14.3 Å². The van der Waals surface area contributed by atoms with Crippen molar-refractivity contribution in [3.8, 4) is 0 Å². The van der Waals surface area contributed by atoms with Crippen molar-refractivity contribution in [2.75, 3.05) is 12.4 Å². The lowest BCUT2D eigenvalue weighted by Gasteiger charge is -2.07. The quantitative estimate of drug-likeness (QED) is 0.636. The first-order chi connectivity index (χ1) is 12.4. The molecular formula is C17H14BrN3O4S. The van der Waals surface area contributed by atoms with Gasteiger partial charge in [0, 0.05) is 10.2 Å². The van der Waals surface area contributed by atoms with Crippen molar-refractivity contribution >= 4 is 55.0 Å². The third kappa shape index (κ3) is 3.54. The van der Waals surface area contributed by atoms with Crippen LogP contribution in [0.4, 0.5) is 5.69 Å². The number of anilines is 1. The number of carbonyl (C=O) groups is 2. The van der Waals surface area contributed by atoms with E-state index in [1.54, 1.807) is 31.2 Å². The highest BCUT2D eigenvalue weighted by atomic mass is 79.9. The molecule has 0 fully saturated rings. The van der Waals surface area contributed by atoms with Crippen LogP contribution >= 0.6 is 27.3 Å². The van der Waals surface area contributed by atoms with Crippen molar-refractivity contribution in [1.82, 2.24) is 9.55 Å². The molecule has 0 bridgehead atoms. The predicted molar refractivity (Wildman–Crippen MR) is 103 cm³/mol. The van der Waals surface area contributed by atoms with Crippen molar-refractivity contribution in [3.63, 3.8) is 0 Å². The molecule has 0 aliphatic rings. The first kappa shape index (κ1) is 18.3. The molecule has 0 radical (unpaired) electrons. The summed E-state index contributed by atoms with van der Waals surface area (Å²) in [5.74, 6) is -0.860. The van der Waals surface area contributed by atoms with Crippen LogP contribution in [0.15, 0.2) is 39.9 Å². The number of aromatic nitrogens is 2. The van der Waals surface area contributed by atoms with Crippen LogP contribution in [-0.2, 0) is 16.1 Å². The number of aryl methyl sites for hydroxylation is 1. The number of ether oxygens (including phenoxy) is 1. The molecule has 9 heteroatoms. The minimum absolute atomic E-state index is 0.180. The van der Waals surface area contributed by atoms with E-state index < -0.39 is 5.97 Å². The molecule has 0 aliphatic carbocycles.